The average molecular weight is 363 g/mol. The number of amides is 1. The lowest BCUT2D eigenvalue weighted by Gasteiger charge is -2.18. The Morgan fingerprint density at radius 3 is 2.56 bits per heavy atom. The first kappa shape index (κ1) is 18.8. The van der Waals surface area contributed by atoms with Crippen molar-refractivity contribution in [2.45, 2.75) is 26.4 Å². The van der Waals surface area contributed by atoms with Crippen LogP contribution >= 0.6 is 0 Å². The Bertz CT molecular complexity index is 907. The first-order chi connectivity index (χ1) is 13.2. The molecule has 27 heavy (non-hydrogen) atoms. The molecule has 3 aromatic rings. The third-order valence-electron chi connectivity index (χ3n) is 4.32. The van der Waals surface area contributed by atoms with E-state index in [2.05, 4.69) is 11.4 Å². The average Bonchev–Trinajstić information content (AvgIpc) is 2.69. The van der Waals surface area contributed by atoms with Crippen molar-refractivity contribution < 1.29 is 14.3 Å². The molecule has 0 saturated heterocycles. The fraction of sp³-hybridized carbons (Fsp3) is 0.261. The number of aryl methyl sites for hydroxylation is 1. The molecular formula is C23H25NO3. The van der Waals surface area contributed by atoms with Crippen LogP contribution in [0.3, 0.4) is 0 Å². The minimum absolute atomic E-state index is 0.126. The van der Waals surface area contributed by atoms with Gasteiger partial charge in [0.25, 0.3) is 5.91 Å². The second kappa shape index (κ2) is 9.08. The summed E-state index contributed by atoms with van der Waals surface area (Å²) in [6, 6.07) is 21.8. The number of carbonyl (C=O) groups excluding carboxylic acids is 1. The highest BCUT2D eigenvalue weighted by molar-refractivity contribution is 5.84. The van der Waals surface area contributed by atoms with Crippen LogP contribution in [0.2, 0.25) is 0 Å². The van der Waals surface area contributed by atoms with Gasteiger partial charge in [-0.25, -0.2) is 0 Å². The largest absolute Gasteiger partial charge is 0.492 e. The van der Waals surface area contributed by atoms with Crippen molar-refractivity contribution in [2.75, 3.05) is 13.2 Å². The molecule has 3 rings (SSSR count). The van der Waals surface area contributed by atoms with Crippen LogP contribution in [0.25, 0.3) is 10.8 Å². The highest BCUT2D eigenvalue weighted by Gasteiger charge is 2.18. The molecule has 0 saturated carbocycles. The second-order valence-electron chi connectivity index (χ2n) is 6.48. The lowest BCUT2D eigenvalue weighted by atomic mass is 10.1. The molecule has 0 fully saturated rings. The standard InChI is InChI=1S/C23H25NO3/c1-3-22(27-21-12-11-18-8-4-5-9-19(18)16-21)23(25)24-13-14-26-20-10-6-7-17(2)15-20/h4-12,15-16,22H,3,13-14H2,1-2H3,(H,24,25)/t22-/m0/s1. The normalized spacial score (nSPS) is 11.8. The number of hydrogen-bond donors (Lipinski definition) is 1. The number of hydrogen-bond acceptors (Lipinski definition) is 3. The van der Waals surface area contributed by atoms with E-state index in [-0.39, 0.29) is 5.91 Å². The molecule has 0 aliphatic heterocycles. The molecule has 4 nitrogen and oxygen atoms in total. The maximum atomic E-state index is 12.4. The first-order valence-corrected chi connectivity index (χ1v) is 9.28. The molecule has 0 aliphatic carbocycles. The van der Waals surface area contributed by atoms with Crippen molar-refractivity contribution >= 4 is 16.7 Å². The minimum Gasteiger partial charge on any atom is -0.492 e. The van der Waals surface area contributed by atoms with Crippen molar-refractivity contribution in [1.82, 2.24) is 5.32 Å². The van der Waals surface area contributed by atoms with Crippen molar-refractivity contribution in [1.29, 1.82) is 0 Å². The Morgan fingerprint density at radius 2 is 1.78 bits per heavy atom. The topological polar surface area (TPSA) is 47.6 Å². The molecule has 3 aromatic carbocycles. The third-order valence-corrected chi connectivity index (χ3v) is 4.32. The maximum Gasteiger partial charge on any atom is 0.261 e. The van der Waals surface area contributed by atoms with Crippen LogP contribution in [0.4, 0.5) is 0 Å². The van der Waals surface area contributed by atoms with Crippen LogP contribution in [0.15, 0.2) is 66.7 Å². The molecule has 0 radical (unpaired) electrons. The fourth-order valence-corrected chi connectivity index (χ4v) is 2.89. The number of benzene rings is 3. The molecule has 1 N–H and O–H groups in total. The van der Waals surface area contributed by atoms with E-state index >= 15 is 0 Å². The van der Waals surface area contributed by atoms with Crippen LogP contribution < -0.4 is 14.8 Å². The van der Waals surface area contributed by atoms with Crippen molar-refractivity contribution in [2.24, 2.45) is 0 Å². The molecular weight excluding hydrogens is 338 g/mol. The van der Waals surface area contributed by atoms with Gasteiger partial charge >= 0.3 is 0 Å². The van der Waals surface area contributed by atoms with Gasteiger partial charge in [0.05, 0.1) is 6.54 Å². The highest BCUT2D eigenvalue weighted by Crippen LogP contribution is 2.22. The summed E-state index contributed by atoms with van der Waals surface area (Å²) in [5.41, 5.74) is 1.14. The Labute approximate surface area is 160 Å². The number of carbonyl (C=O) groups is 1. The molecule has 0 aromatic heterocycles. The molecule has 0 spiro atoms. The van der Waals surface area contributed by atoms with Gasteiger partial charge in [0.1, 0.15) is 18.1 Å². The number of ether oxygens (including phenoxy) is 2. The molecule has 0 aliphatic rings. The molecule has 4 heteroatoms. The molecule has 1 atom stereocenters. The summed E-state index contributed by atoms with van der Waals surface area (Å²) in [5.74, 6) is 1.38. The van der Waals surface area contributed by atoms with Gasteiger partial charge in [0.15, 0.2) is 6.10 Å². The van der Waals surface area contributed by atoms with Gasteiger partial charge in [-0.15, -0.1) is 0 Å². The van der Waals surface area contributed by atoms with Crippen LogP contribution in [0.5, 0.6) is 11.5 Å². The van der Waals surface area contributed by atoms with Crippen LogP contribution in [-0.2, 0) is 4.79 Å². The Morgan fingerprint density at radius 1 is 0.963 bits per heavy atom. The van der Waals surface area contributed by atoms with Gasteiger partial charge in [-0.3, -0.25) is 4.79 Å². The summed E-state index contributed by atoms with van der Waals surface area (Å²) < 4.78 is 11.6. The van der Waals surface area contributed by atoms with E-state index in [1.807, 2.05) is 74.5 Å². The van der Waals surface area contributed by atoms with Crippen molar-refractivity contribution in [3.05, 3.63) is 72.3 Å². The third kappa shape index (κ3) is 5.23. The van der Waals surface area contributed by atoms with Gasteiger partial charge in [0.2, 0.25) is 0 Å². The zero-order chi connectivity index (χ0) is 19.1. The minimum atomic E-state index is -0.523. The molecule has 140 valence electrons. The molecule has 1 amide bonds. The van der Waals surface area contributed by atoms with Crippen LogP contribution in [-0.4, -0.2) is 25.2 Å². The monoisotopic (exact) mass is 363 g/mol. The van der Waals surface area contributed by atoms with Crippen LogP contribution in [0.1, 0.15) is 18.9 Å². The summed E-state index contributed by atoms with van der Waals surface area (Å²) >= 11 is 0. The van der Waals surface area contributed by atoms with Crippen molar-refractivity contribution in [3.8, 4) is 11.5 Å². The summed E-state index contributed by atoms with van der Waals surface area (Å²) in [6.07, 6.45) is 0.0716. The van der Waals surface area contributed by atoms with Crippen LogP contribution in [0, 0.1) is 6.92 Å². The maximum absolute atomic E-state index is 12.4. The van der Waals surface area contributed by atoms with E-state index < -0.39 is 6.10 Å². The summed E-state index contributed by atoms with van der Waals surface area (Å²) in [4.78, 5) is 12.4. The zero-order valence-electron chi connectivity index (χ0n) is 15.8. The van der Waals surface area contributed by atoms with Gasteiger partial charge < -0.3 is 14.8 Å². The fourth-order valence-electron chi connectivity index (χ4n) is 2.89. The zero-order valence-corrected chi connectivity index (χ0v) is 15.8. The molecule has 0 unspecified atom stereocenters. The van der Waals surface area contributed by atoms with E-state index in [4.69, 9.17) is 9.47 Å². The summed E-state index contributed by atoms with van der Waals surface area (Å²) in [5, 5.41) is 5.13. The lowest BCUT2D eigenvalue weighted by Crippen LogP contribution is -2.39. The lowest BCUT2D eigenvalue weighted by molar-refractivity contribution is -0.128. The summed E-state index contributed by atoms with van der Waals surface area (Å²) in [6.45, 7) is 4.81. The number of fused-ring (bicyclic) bond motifs is 1. The van der Waals surface area contributed by atoms with E-state index in [1.54, 1.807) is 0 Å². The smallest absolute Gasteiger partial charge is 0.261 e. The molecule has 0 heterocycles. The van der Waals surface area contributed by atoms with Gasteiger partial charge in [0, 0.05) is 0 Å². The highest BCUT2D eigenvalue weighted by atomic mass is 16.5. The number of nitrogens with one attached hydrogen (secondary N) is 1. The van der Waals surface area contributed by atoms with Gasteiger partial charge in [-0.2, -0.15) is 0 Å². The Hall–Kier alpha value is -3.01. The Balaban J connectivity index is 1.50. The second-order valence-corrected chi connectivity index (χ2v) is 6.48. The Kier molecular flexibility index (Phi) is 6.31. The van der Waals surface area contributed by atoms with E-state index in [1.165, 1.54) is 0 Å². The predicted molar refractivity (Wildman–Crippen MR) is 108 cm³/mol. The quantitative estimate of drug-likeness (QED) is 0.600. The van der Waals surface area contributed by atoms with Gasteiger partial charge in [-0.05, 0) is 53.9 Å². The predicted octanol–water partition coefficient (Wildman–Crippen LogP) is 4.50. The van der Waals surface area contributed by atoms with E-state index in [0.29, 0.717) is 25.3 Å². The first-order valence-electron chi connectivity index (χ1n) is 9.28. The van der Waals surface area contributed by atoms with Gasteiger partial charge in [-0.1, -0.05) is 49.4 Å². The van der Waals surface area contributed by atoms with Crippen molar-refractivity contribution in [3.63, 3.8) is 0 Å². The van der Waals surface area contributed by atoms with E-state index in [9.17, 15) is 4.79 Å². The SMILES string of the molecule is CC[C@H](Oc1ccc2ccccc2c1)C(=O)NCCOc1cccc(C)c1. The van der Waals surface area contributed by atoms with E-state index in [0.717, 1.165) is 22.1 Å². The molecule has 0 bridgehead atoms. The number of rotatable bonds is 8. The summed E-state index contributed by atoms with van der Waals surface area (Å²) in [7, 11) is 0.